The van der Waals surface area contributed by atoms with E-state index in [0.29, 0.717) is 6.42 Å². The van der Waals surface area contributed by atoms with E-state index in [9.17, 15) is 9.59 Å². The van der Waals surface area contributed by atoms with E-state index in [1.807, 2.05) is 25.1 Å². The molecule has 3 rings (SSSR count). The first kappa shape index (κ1) is 18.9. The lowest BCUT2D eigenvalue weighted by molar-refractivity contribution is -0.118. The van der Waals surface area contributed by atoms with E-state index < -0.39 is 0 Å². The third kappa shape index (κ3) is 3.98. The van der Waals surface area contributed by atoms with Gasteiger partial charge in [0.15, 0.2) is 5.78 Å². The van der Waals surface area contributed by atoms with Crippen LogP contribution in [0.25, 0.3) is 0 Å². The van der Waals surface area contributed by atoms with Crippen LogP contribution in [0.5, 0.6) is 0 Å². The van der Waals surface area contributed by atoms with Gasteiger partial charge in [0.05, 0.1) is 0 Å². The van der Waals surface area contributed by atoms with Crippen molar-refractivity contribution in [2.45, 2.75) is 39.0 Å². The Morgan fingerprint density at radius 2 is 1.88 bits per heavy atom. The van der Waals surface area contributed by atoms with Crippen LogP contribution in [0.1, 0.15) is 48.5 Å². The first-order chi connectivity index (χ1) is 11.1. The minimum atomic E-state index is 0. The van der Waals surface area contributed by atoms with Gasteiger partial charge in [-0.1, -0.05) is 13.3 Å². The van der Waals surface area contributed by atoms with Crippen LogP contribution in [0.2, 0.25) is 0 Å². The van der Waals surface area contributed by atoms with Gasteiger partial charge < -0.3 is 9.80 Å². The average Bonchev–Trinajstić information content (AvgIpc) is 2.58. The van der Waals surface area contributed by atoms with Gasteiger partial charge in [0.1, 0.15) is 0 Å². The fourth-order valence-electron chi connectivity index (χ4n) is 3.71. The smallest absolute Gasteiger partial charge is 0.227 e. The van der Waals surface area contributed by atoms with Crippen LogP contribution in [0.15, 0.2) is 18.2 Å². The number of piperidine rings is 1. The maximum absolute atomic E-state index is 12.7. The molecule has 2 aliphatic heterocycles. The number of amides is 1. The molecule has 0 aromatic heterocycles. The van der Waals surface area contributed by atoms with Crippen molar-refractivity contribution in [3.63, 3.8) is 0 Å². The average molecular weight is 351 g/mol. The molecule has 5 heteroatoms. The molecule has 4 nitrogen and oxygen atoms in total. The fraction of sp³-hybridized carbons (Fsp3) is 0.579. The minimum Gasteiger partial charge on any atom is -0.315 e. The highest BCUT2D eigenvalue weighted by Crippen LogP contribution is 2.28. The summed E-state index contributed by atoms with van der Waals surface area (Å²) in [6.07, 6.45) is 5.08. The van der Waals surface area contributed by atoms with Crippen LogP contribution in [-0.4, -0.2) is 43.3 Å². The molecule has 1 aromatic rings. The minimum absolute atomic E-state index is 0. The maximum atomic E-state index is 12.7. The monoisotopic (exact) mass is 350 g/mol. The molecule has 2 aliphatic rings. The molecule has 1 saturated heterocycles. The van der Waals surface area contributed by atoms with Crippen molar-refractivity contribution in [2.24, 2.45) is 5.92 Å². The third-order valence-electron chi connectivity index (χ3n) is 5.14. The molecule has 1 fully saturated rings. The number of aryl methyl sites for hydroxylation is 1. The normalized spacial score (nSPS) is 19.4. The number of nitrogens with zero attached hydrogens (tertiary/aromatic N) is 2. The summed E-state index contributed by atoms with van der Waals surface area (Å²) in [4.78, 5) is 28.6. The van der Waals surface area contributed by atoms with Crippen LogP contribution in [-0.2, 0) is 11.2 Å². The second kappa shape index (κ2) is 8.13. The van der Waals surface area contributed by atoms with Crippen molar-refractivity contribution in [2.75, 3.05) is 31.6 Å². The van der Waals surface area contributed by atoms with E-state index in [0.717, 1.165) is 42.9 Å². The van der Waals surface area contributed by atoms with Gasteiger partial charge in [-0.25, -0.2) is 0 Å². The number of carbonyl (C=O) groups excluding carboxylic acids is 2. The van der Waals surface area contributed by atoms with Crippen LogP contribution in [0.4, 0.5) is 5.69 Å². The Bertz CT molecular complexity index is 611. The summed E-state index contributed by atoms with van der Waals surface area (Å²) in [6, 6.07) is 5.80. The summed E-state index contributed by atoms with van der Waals surface area (Å²) in [5.74, 6) is 0.391. The lowest BCUT2D eigenvalue weighted by atomic mass is 9.93. The number of halogens is 1. The molecule has 132 valence electrons. The molecule has 0 spiro atoms. The number of rotatable bonds is 4. The van der Waals surface area contributed by atoms with Crippen LogP contribution < -0.4 is 4.90 Å². The zero-order chi connectivity index (χ0) is 16.4. The number of Topliss-reactive ketones (excluding diaryl/α,β-unsaturated/α-hetero) is 1. The van der Waals surface area contributed by atoms with Crippen molar-refractivity contribution < 1.29 is 9.59 Å². The molecule has 1 unspecified atom stereocenters. The topological polar surface area (TPSA) is 40.6 Å². The number of benzene rings is 1. The van der Waals surface area contributed by atoms with Crippen molar-refractivity contribution in [1.29, 1.82) is 0 Å². The number of likely N-dealkylation sites (tertiary alicyclic amines) is 1. The van der Waals surface area contributed by atoms with Crippen molar-refractivity contribution in [3.8, 4) is 0 Å². The van der Waals surface area contributed by atoms with E-state index in [1.165, 1.54) is 19.3 Å². The second-order valence-electron chi connectivity index (χ2n) is 6.92. The highest BCUT2D eigenvalue weighted by atomic mass is 35.5. The van der Waals surface area contributed by atoms with E-state index >= 15 is 0 Å². The molecule has 0 radical (unpaired) electrons. The summed E-state index contributed by atoms with van der Waals surface area (Å²) in [7, 11) is 1.81. The highest BCUT2D eigenvalue weighted by molar-refractivity contribution is 6.00. The van der Waals surface area contributed by atoms with Crippen LogP contribution >= 0.6 is 12.4 Å². The van der Waals surface area contributed by atoms with Gasteiger partial charge in [-0.3, -0.25) is 9.59 Å². The molecule has 2 heterocycles. The Morgan fingerprint density at radius 1 is 1.17 bits per heavy atom. The van der Waals surface area contributed by atoms with Crippen molar-refractivity contribution in [3.05, 3.63) is 29.3 Å². The zero-order valence-electron chi connectivity index (χ0n) is 14.6. The number of fused-ring (bicyclic) bond motifs is 1. The quantitative estimate of drug-likeness (QED) is 0.782. The summed E-state index contributed by atoms with van der Waals surface area (Å²) in [6.45, 7) is 5.13. The van der Waals surface area contributed by atoms with E-state index in [2.05, 4.69) is 4.90 Å². The Morgan fingerprint density at radius 3 is 2.58 bits per heavy atom. The van der Waals surface area contributed by atoms with Gasteiger partial charge in [-0.15, -0.1) is 12.4 Å². The van der Waals surface area contributed by atoms with Crippen molar-refractivity contribution in [1.82, 2.24) is 4.90 Å². The number of anilines is 1. The number of ketones is 1. The number of hydrogen-bond donors (Lipinski definition) is 0. The summed E-state index contributed by atoms with van der Waals surface area (Å²) < 4.78 is 0. The molecule has 0 N–H and O–H groups in total. The fourth-order valence-corrected chi connectivity index (χ4v) is 3.71. The summed E-state index contributed by atoms with van der Waals surface area (Å²) in [5, 5.41) is 0. The lowest BCUT2D eigenvalue weighted by Crippen LogP contribution is -2.36. The Labute approximate surface area is 150 Å². The SMILES string of the molecule is CC(CN1CCCCC1)C(=O)c1ccc2c(c1)CCC(=O)N2C.Cl. The second-order valence-corrected chi connectivity index (χ2v) is 6.92. The van der Waals surface area contributed by atoms with Crippen molar-refractivity contribution >= 4 is 29.8 Å². The van der Waals surface area contributed by atoms with Gasteiger partial charge in [-0.05, 0) is 56.1 Å². The van der Waals surface area contributed by atoms with E-state index in [-0.39, 0.29) is 30.0 Å². The standard InChI is InChI=1S/C19H26N2O2.ClH/c1-14(13-21-10-4-3-5-11-21)19(23)16-6-8-17-15(12-16)7-9-18(22)20(17)2;/h6,8,12,14H,3-5,7,9-11,13H2,1-2H3;1H. The van der Waals surface area contributed by atoms with E-state index in [1.54, 1.807) is 11.9 Å². The van der Waals surface area contributed by atoms with E-state index in [4.69, 9.17) is 0 Å². The van der Waals surface area contributed by atoms with Gasteiger partial charge in [-0.2, -0.15) is 0 Å². The third-order valence-corrected chi connectivity index (χ3v) is 5.14. The predicted octanol–water partition coefficient (Wildman–Crippen LogP) is 3.32. The Kier molecular flexibility index (Phi) is 6.41. The maximum Gasteiger partial charge on any atom is 0.227 e. The Hall–Kier alpha value is -1.39. The largest absolute Gasteiger partial charge is 0.315 e. The summed E-state index contributed by atoms with van der Waals surface area (Å²) in [5.41, 5.74) is 2.85. The molecule has 0 bridgehead atoms. The number of carbonyl (C=O) groups is 2. The molecule has 0 aliphatic carbocycles. The summed E-state index contributed by atoms with van der Waals surface area (Å²) >= 11 is 0. The lowest BCUT2D eigenvalue weighted by Gasteiger charge is -2.29. The van der Waals surface area contributed by atoms with Crippen LogP contribution in [0.3, 0.4) is 0 Å². The van der Waals surface area contributed by atoms with Crippen LogP contribution in [0, 0.1) is 5.92 Å². The first-order valence-electron chi connectivity index (χ1n) is 8.72. The molecular formula is C19H27ClN2O2. The molecule has 1 aromatic carbocycles. The molecule has 1 atom stereocenters. The molecule has 1 amide bonds. The Balaban J connectivity index is 0.00000208. The zero-order valence-corrected chi connectivity index (χ0v) is 15.4. The molecule has 24 heavy (non-hydrogen) atoms. The highest BCUT2D eigenvalue weighted by Gasteiger charge is 2.24. The van der Waals surface area contributed by atoms with Gasteiger partial charge >= 0.3 is 0 Å². The molecular weight excluding hydrogens is 324 g/mol. The van der Waals surface area contributed by atoms with Gasteiger partial charge in [0.2, 0.25) is 5.91 Å². The number of hydrogen-bond acceptors (Lipinski definition) is 3. The first-order valence-corrected chi connectivity index (χ1v) is 8.72. The van der Waals surface area contributed by atoms with Gasteiger partial charge in [0.25, 0.3) is 0 Å². The predicted molar refractivity (Wildman–Crippen MR) is 99.2 cm³/mol. The van der Waals surface area contributed by atoms with Gasteiger partial charge in [0, 0.05) is 37.2 Å². The molecule has 0 saturated carbocycles.